The molecule has 0 fully saturated rings. The zero-order valence-electron chi connectivity index (χ0n) is 12.9. The number of carbonyl (C=O) groups is 2. The average Bonchev–Trinajstić information content (AvgIpc) is 2.43. The van der Waals surface area contributed by atoms with Crippen LogP contribution in [0, 0.1) is 12.3 Å². The van der Waals surface area contributed by atoms with Gasteiger partial charge in [0.05, 0.1) is 0 Å². The molecule has 118 valence electrons. The number of hydrogen-bond acceptors (Lipinski definition) is 3. The van der Waals surface area contributed by atoms with Crippen molar-refractivity contribution in [3.05, 3.63) is 35.4 Å². The zero-order chi connectivity index (χ0) is 15.2. The van der Waals surface area contributed by atoms with E-state index in [1.165, 1.54) is 0 Å². The second kappa shape index (κ2) is 8.54. The van der Waals surface area contributed by atoms with Crippen molar-refractivity contribution in [2.45, 2.75) is 46.5 Å². The fraction of sp³-hybridized carbons (Fsp3) is 0.500. The molecule has 0 aliphatic rings. The summed E-state index contributed by atoms with van der Waals surface area (Å²) in [6.07, 6.45) is 2.44. The smallest absolute Gasteiger partial charge is 0.243 e. The minimum atomic E-state index is -0.440. The molecule has 1 amide bonds. The molecule has 0 saturated heterocycles. The van der Waals surface area contributed by atoms with Crippen LogP contribution >= 0.6 is 0 Å². The van der Waals surface area contributed by atoms with Crippen LogP contribution in [-0.2, 0) is 4.79 Å². The Morgan fingerprint density at radius 2 is 1.71 bits per heavy atom. The molecule has 1 rings (SSSR count). The molecule has 0 bridgehead atoms. The molecule has 1 aromatic rings. The van der Waals surface area contributed by atoms with Gasteiger partial charge in [-0.25, -0.2) is 5.48 Å². The van der Waals surface area contributed by atoms with E-state index < -0.39 is 5.41 Å². The second-order valence-electron chi connectivity index (χ2n) is 5.82. The third-order valence-corrected chi connectivity index (χ3v) is 3.51. The highest BCUT2D eigenvalue weighted by molar-refractivity contribution is 6.00. The predicted octanol–water partition coefficient (Wildman–Crippen LogP) is 2.45. The van der Waals surface area contributed by atoms with Crippen molar-refractivity contribution in [1.82, 2.24) is 5.48 Å². The Hall–Kier alpha value is -1.72. The summed E-state index contributed by atoms with van der Waals surface area (Å²) < 4.78 is 0. The van der Waals surface area contributed by atoms with Crippen LogP contribution < -0.4 is 5.48 Å². The van der Waals surface area contributed by atoms with Gasteiger partial charge in [-0.2, -0.15) is 0 Å². The van der Waals surface area contributed by atoms with Gasteiger partial charge in [0.1, 0.15) is 0 Å². The highest BCUT2D eigenvalue weighted by atomic mass is 16.5. The van der Waals surface area contributed by atoms with E-state index in [0.717, 1.165) is 24.0 Å². The summed E-state index contributed by atoms with van der Waals surface area (Å²) in [5.41, 5.74) is 3.04. The van der Waals surface area contributed by atoms with Gasteiger partial charge < -0.3 is 5.48 Å². The highest BCUT2D eigenvalue weighted by Crippen LogP contribution is 2.28. The number of rotatable bonds is 7. The van der Waals surface area contributed by atoms with E-state index in [9.17, 15) is 9.59 Å². The number of ketones is 1. The van der Waals surface area contributed by atoms with Crippen LogP contribution in [0.5, 0.6) is 0 Å². The lowest BCUT2D eigenvalue weighted by Crippen LogP contribution is -2.24. The minimum Gasteiger partial charge on any atom is -0.412 e. The summed E-state index contributed by atoms with van der Waals surface area (Å²) in [6.45, 7) is 5.86. The predicted molar refractivity (Wildman–Crippen MR) is 81.3 cm³/mol. The molecule has 0 spiro atoms. The number of aryl methyl sites for hydroxylation is 1. The molecular weight excluding hydrogens is 270 g/mol. The first-order valence-corrected chi connectivity index (χ1v) is 6.91. The van der Waals surface area contributed by atoms with Crippen LogP contribution in [-0.4, -0.2) is 22.4 Å². The quantitative estimate of drug-likeness (QED) is 0.350. The lowest BCUT2D eigenvalue weighted by atomic mass is 9.79. The molecular formula is C16H25NO4. The third kappa shape index (κ3) is 6.06. The Labute approximate surface area is 125 Å². The summed E-state index contributed by atoms with van der Waals surface area (Å²) in [6, 6.07) is 7.60. The molecule has 0 aliphatic heterocycles. The summed E-state index contributed by atoms with van der Waals surface area (Å²) in [5.74, 6) is -0.253. The maximum absolute atomic E-state index is 12.4. The van der Waals surface area contributed by atoms with Crippen molar-refractivity contribution < 1.29 is 20.3 Å². The lowest BCUT2D eigenvalue weighted by molar-refractivity contribution is -0.129. The first kappa shape index (κ1) is 19.3. The standard InChI is InChI=1S/C16H23NO3.H2O/c1-12-7-9-13(10-8-12)15(19)16(2,3)11-5-4-6-14(18)17-20;/h7-10,20H,4-6,11H2,1-3H3,(H,17,18);1H2. The fourth-order valence-corrected chi connectivity index (χ4v) is 2.12. The maximum Gasteiger partial charge on any atom is 0.243 e. The van der Waals surface area contributed by atoms with E-state index in [0.29, 0.717) is 6.42 Å². The van der Waals surface area contributed by atoms with Gasteiger partial charge in [-0.3, -0.25) is 14.8 Å². The van der Waals surface area contributed by atoms with Gasteiger partial charge in [-0.05, 0) is 19.8 Å². The van der Waals surface area contributed by atoms with Crippen molar-refractivity contribution in [2.75, 3.05) is 0 Å². The normalized spacial score (nSPS) is 10.7. The lowest BCUT2D eigenvalue weighted by Gasteiger charge is -2.23. The summed E-state index contributed by atoms with van der Waals surface area (Å²) >= 11 is 0. The minimum absolute atomic E-state index is 0. The van der Waals surface area contributed by atoms with Crippen LogP contribution in [0.15, 0.2) is 24.3 Å². The number of hydrogen-bond donors (Lipinski definition) is 2. The van der Waals surface area contributed by atoms with Crippen LogP contribution in [0.1, 0.15) is 55.5 Å². The van der Waals surface area contributed by atoms with Crippen molar-refractivity contribution >= 4 is 11.7 Å². The molecule has 0 atom stereocenters. The van der Waals surface area contributed by atoms with Crippen LogP contribution in [0.4, 0.5) is 0 Å². The third-order valence-electron chi connectivity index (χ3n) is 3.51. The number of benzene rings is 1. The Bertz CT molecular complexity index is 466. The molecule has 0 unspecified atom stereocenters. The molecule has 0 saturated carbocycles. The number of hydroxylamine groups is 1. The Morgan fingerprint density at radius 3 is 2.24 bits per heavy atom. The monoisotopic (exact) mass is 295 g/mol. The van der Waals surface area contributed by atoms with Crippen molar-refractivity contribution in [1.29, 1.82) is 0 Å². The SMILES string of the molecule is Cc1ccc(C(=O)C(C)(C)CCCCC(=O)NO)cc1.O. The number of nitrogens with one attached hydrogen (secondary N) is 1. The van der Waals surface area contributed by atoms with E-state index in [-0.39, 0.29) is 23.6 Å². The first-order chi connectivity index (χ1) is 9.36. The van der Waals surface area contributed by atoms with E-state index in [2.05, 4.69) is 0 Å². The van der Waals surface area contributed by atoms with Crippen LogP contribution in [0.25, 0.3) is 0 Å². The van der Waals surface area contributed by atoms with E-state index in [1.807, 2.05) is 45.0 Å². The molecule has 0 radical (unpaired) electrons. The van der Waals surface area contributed by atoms with Gasteiger partial charge >= 0.3 is 0 Å². The number of amides is 1. The second-order valence-corrected chi connectivity index (χ2v) is 5.82. The average molecular weight is 295 g/mol. The van der Waals surface area contributed by atoms with E-state index in [1.54, 1.807) is 5.48 Å². The summed E-state index contributed by atoms with van der Waals surface area (Å²) in [4.78, 5) is 23.3. The maximum atomic E-state index is 12.4. The van der Waals surface area contributed by atoms with Gasteiger partial charge in [0.2, 0.25) is 5.91 Å². The van der Waals surface area contributed by atoms with Crippen LogP contribution in [0.2, 0.25) is 0 Å². The number of Topliss-reactive ketones (excluding diaryl/α,β-unsaturated/α-hetero) is 1. The van der Waals surface area contributed by atoms with Gasteiger partial charge in [0, 0.05) is 17.4 Å². The van der Waals surface area contributed by atoms with Crippen LogP contribution in [0.3, 0.4) is 0 Å². The number of unbranched alkanes of at least 4 members (excludes halogenated alkanes) is 1. The van der Waals surface area contributed by atoms with Gasteiger partial charge in [-0.1, -0.05) is 50.1 Å². The highest BCUT2D eigenvalue weighted by Gasteiger charge is 2.27. The van der Waals surface area contributed by atoms with Crippen molar-refractivity contribution in [2.24, 2.45) is 5.41 Å². The Balaban J connectivity index is 0.00000400. The molecule has 4 N–H and O–H groups in total. The molecule has 1 aromatic carbocycles. The Kier molecular flexibility index (Phi) is 7.84. The Morgan fingerprint density at radius 1 is 1.14 bits per heavy atom. The molecule has 0 aliphatic carbocycles. The van der Waals surface area contributed by atoms with Gasteiger partial charge in [0.25, 0.3) is 0 Å². The summed E-state index contributed by atoms with van der Waals surface area (Å²) in [7, 11) is 0. The van der Waals surface area contributed by atoms with Gasteiger partial charge in [0.15, 0.2) is 5.78 Å². The fourth-order valence-electron chi connectivity index (χ4n) is 2.12. The molecule has 0 heterocycles. The van der Waals surface area contributed by atoms with E-state index >= 15 is 0 Å². The number of carbonyl (C=O) groups excluding carboxylic acids is 2. The zero-order valence-corrected chi connectivity index (χ0v) is 12.9. The topological polar surface area (TPSA) is 97.9 Å². The van der Waals surface area contributed by atoms with E-state index in [4.69, 9.17) is 5.21 Å². The van der Waals surface area contributed by atoms with Crippen molar-refractivity contribution in [3.8, 4) is 0 Å². The molecule has 5 nitrogen and oxygen atoms in total. The largest absolute Gasteiger partial charge is 0.412 e. The van der Waals surface area contributed by atoms with Crippen molar-refractivity contribution in [3.63, 3.8) is 0 Å². The summed E-state index contributed by atoms with van der Waals surface area (Å²) in [5, 5.41) is 8.40. The molecule has 21 heavy (non-hydrogen) atoms. The first-order valence-electron chi connectivity index (χ1n) is 6.91. The molecule has 5 heteroatoms. The molecule has 0 aromatic heterocycles. The van der Waals surface area contributed by atoms with Gasteiger partial charge in [-0.15, -0.1) is 0 Å².